The van der Waals surface area contributed by atoms with E-state index in [1.807, 2.05) is 13.8 Å². The first-order chi connectivity index (χ1) is 9.86. The first-order valence-electron chi connectivity index (χ1n) is 7.33. The fourth-order valence-corrected chi connectivity index (χ4v) is 2.92. The van der Waals surface area contributed by atoms with Gasteiger partial charge < -0.3 is 10.6 Å². The van der Waals surface area contributed by atoms with Crippen molar-refractivity contribution in [2.45, 2.75) is 33.2 Å². The van der Waals surface area contributed by atoms with E-state index in [0.29, 0.717) is 6.54 Å². The van der Waals surface area contributed by atoms with E-state index in [2.05, 4.69) is 10.6 Å². The maximum Gasteiger partial charge on any atom is 0.228 e. The molecule has 1 aromatic rings. The summed E-state index contributed by atoms with van der Waals surface area (Å²) in [5, 5.41) is 6.06. The van der Waals surface area contributed by atoms with Gasteiger partial charge in [-0.25, -0.2) is 8.78 Å². The Kier molecular flexibility index (Phi) is 4.61. The Balaban J connectivity index is 2.16. The summed E-state index contributed by atoms with van der Waals surface area (Å²) in [6, 6.07) is 2.73. The Hall–Kier alpha value is -1.49. The normalized spacial score (nSPS) is 23.3. The quantitative estimate of drug-likeness (QED) is 0.897. The largest absolute Gasteiger partial charge is 0.349 e. The van der Waals surface area contributed by atoms with E-state index in [-0.39, 0.29) is 17.4 Å². The van der Waals surface area contributed by atoms with Crippen LogP contribution in [0.1, 0.15) is 38.8 Å². The molecule has 0 radical (unpaired) electrons. The lowest BCUT2D eigenvalue weighted by Gasteiger charge is -2.32. The highest BCUT2D eigenvalue weighted by molar-refractivity contribution is 5.84. The fraction of sp³-hybridized carbons (Fsp3) is 0.562. The summed E-state index contributed by atoms with van der Waals surface area (Å²) in [5.74, 6) is -0.934. The van der Waals surface area contributed by atoms with Crippen molar-refractivity contribution < 1.29 is 13.6 Å². The van der Waals surface area contributed by atoms with Crippen molar-refractivity contribution in [1.82, 2.24) is 10.6 Å². The minimum atomic E-state index is -0.565. The molecule has 0 saturated carbocycles. The van der Waals surface area contributed by atoms with Gasteiger partial charge >= 0.3 is 0 Å². The smallest absolute Gasteiger partial charge is 0.228 e. The van der Waals surface area contributed by atoms with Crippen LogP contribution in [0, 0.1) is 23.0 Å². The minimum Gasteiger partial charge on any atom is -0.349 e. The van der Waals surface area contributed by atoms with Crippen LogP contribution < -0.4 is 10.6 Å². The molecule has 1 fully saturated rings. The van der Waals surface area contributed by atoms with Gasteiger partial charge in [0.1, 0.15) is 11.6 Å². The first-order valence-corrected chi connectivity index (χ1v) is 7.33. The molecule has 1 aliphatic heterocycles. The highest BCUT2D eigenvalue weighted by atomic mass is 19.1. The zero-order valence-corrected chi connectivity index (χ0v) is 12.7. The molecule has 1 heterocycles. The van der Waals surface area contributed by atoms with Gasteiger partial charge in [0.25, 0.3) is 0 Å². The third-order valence-electron chi connectivity index (χ3n) is 4.52. The predicted octanol–water partition coefficient (Wildman–Crippen LogP) is 2.78. The van der Waals surface area contributed by atoms with E-state index in [4.69, 9.17) is 0 Å². The number of nitrogens with one attached hydrogen (secondary N) is 2. The molecule has 2 N–H and O–H groups in total. The molecular weight excluding hydrogens is 274 g/mol. The Morgan fingerprint density at radius 3 is 2.62 bits per heavy atom. The van der Waals surface area contributed by atoms with E-state index in [1.54, 1.807) is 6.92 Å². The summed E-state index contributed by atoms with van der Waals surface area (Å²) >= 11 is 0. The van der Waals surface area contributed by atoms with E-state index in [9.17, 15) is 13.6 Å². The van der Waals surface area contributed by atoms with Crippen molar-refractivity contribution >= 4 is 5.91 Å². The molecular formula is C16H22F2N2O. The summed E-state index contributed by atoms with van der Waals surface area (Å²) in [7, 11) is 0. The maximum atomic E-state index is 13.8. The standard InChI is InChI=1S/C16H22F2N2O/c1-10(2)16(6-7-19-9-16)15(21)20-11(3)13-8-12(17)4-5-14(13)18/h4-5,8,10-11,19H,6-7,9H2,1-3H3,(H,20,21). The number of carbonyl (C=O) groups is 1. The van der Waals surface area contributed by atoms with Crippen molar-refractivity contribution in [3.63, 3.8) is 0 Å². The minimum absolute atomic E-state index is 0.0985. The third kappa shape index (κ3) is 3.07. The number of rotatable bonds is 4. The fourth-order valence-electron chi connectivity index (χ4n) is 2.92. The Bertz CT molecular complexity index is 525. The van der Waals surface area contributed by atoms with Gasteiger partial charge in [-0.15, -0.1) is 0 Å². The molecule has 0 bridgehead atoms. The number of hydrogen-bond donors (Lipinski definition) is 2. The van der Waals surface area contributed by atoms with Crippen molar-refractivity contribution in [2.24, 2.45) is 11.3 Å². The zero-order valence-electron chi connectivity index (χ0n) is 12.7. The molecule has 1 aromatic carbocycles. The highest BCUT2D eigenvalue weighted by Gasteiger charge is 2.44. The Morgan fingerprint density at radius 2 is 2.05 bits per heavy atom. The monoisotopic (exact) mass is 296 g/mol. The van der Waals surface area contributed by atoms with Crippen LogP contribution in [0.15, 0.2) is 18.2 Å². The molecule has 116 valence electrons. The van der Waals surface area contributed by atoms with Crippen LogP contribution in [0.5, 0.6) is 0 Å². The number of carbonyl (C=O) groups excluding carboxylic acids is 1. The molecule has 2 rings (SSSR count). The second-order valence-electron chi connectivity index (χ2n) is 6.10. The number of amides is 1. The molecule has 3 nitrogen and oxygen atoms in total. The average molecular weight is 296 g/mol. The lowest BCUT2D eigenvalue weighted by Crippen LogP contribution is -2.46. The van der Waals surface area contributed by atoms with E-state index >= 15 is 0 Å². The van der Waals surface area contributed by atoms with Crippen LogP contribution in [0.4, 0.5) is 8.78 Å². The summed E-state index contributed by atoms with van der Waals surface area (Å²) in [5.41, 5.74) is -0.300. The van der Waals surface area contributed by atoms with Crippen molar-refractivity contribution in [2.75, 3.05) is 13.1 Å². The summed E-state index contributed by atoms with van der Waals surface area (Å²) in [4.78, 5) is 12.6. The summed E-state index contributed by atoms with van der Waals surface area (Å²) < 4.78 is 27.0. The van der Waals surface area contributed by atoms with Gasteiger partial charge in [-0.3, -0.25) is 4.79 Å². The second kappa shape index (κ2) is 6.10. The van der Waals surface area contributed by atoms with Crippen LogP contribution >= 0.6 is 0 Å². The van der Waals surface area contributed by atoms with Gasteiger partial charge in [-0.05, 0) is 44.0 Å². The lowest BCUT2D eigenvalue weighted by atomic mass is 9.75. The van der Waals surface area contributed by atoms with Crippen LogP contribution in [0.25, 0.3) is 0 Å². The van der Waals surface area contributed by atoms with Crippen LogP contribution in [0.2, 0.25) is 0 Å². The molecule has 1 saturated heterocycles. The number of halogens is 2. The molecule has 0 spiro atoms. The third-order valence-corrected chi connectivity index (χ3v) is 4.52. The predicted molar refractivity (Wildman–Crippen MR) is 77.7 cm³/mol. The highest BCUT2D eigenvalue weighted by Crippen LogP contribution is 2.35. The Morgan fingerprint density at radius 1 is 1.33 bits per heavy atom. The Labute approximate surface area is 124 Å². The molecule has 21 heavy (non-hydrogen) atoms. The number of benzene rings is 1. The molecule has 2 unspecified atom stereocenters. The number of hydrogen-bond acceptors (Lipinski definition) is 2. The molecule has 1 aliphatic rings. The zero-order chi connectivity index (χ0) is 15.6. The molecule has 0 aromatic heterocycles. The van der Waals surface area contributed by atoms with Gasteiger partial charge in [0.15, 0.2) is 0 Å². The van der Waals surface area contributed by atoms with Crippen molar-refractivity contribution in [3.8, 4) is 0 Å². The first kappa shape index (κ1) is 15.9. The average Bonchev–Trinajstić information content (AvgIpc) is 2.92. The second-order valence-corrected chi connectivity index (χ2v) is 6.10. The van der Waals surface area contributed by atoms with Gasteiger partial charge in [0, 0.05) is 12.1 Å². The lowest BCUT2D eigenvalue weighted by molar-refractivity contribution is -0.133. The van der Waals surface area contributed by atoms with Gasteiger partial charge in [-0.2, -0.15) is 0 Å². The van der Waals surface area contributed by atoms with Gasteiger partial charge in [0.2, 0.25) is 5.91 Å². The summed E-state index contributed by atoms with van der Waals surface area (Å²) in [6.45, 7) is 7.12. The topological polar surface area (TPSA) is 41.1 Å². The summed E-state index contributed by atoms with van der Waals surface area (Å²) in [6.07, 6.45) is 0.759. The van der Waals surface area contributed by atoms with E-state index < -0.39 is 23.1 Å². The molecule has 5 heteroatoms. The molecule has 0 aliphatic carbocycles. The van der Waals surface area contributed by atoms with Gasteiger partial charge in [-0.1, -0.05) is 13.8 Å². The van der Waals surface area contributed by atoms with E-state index in [1.165, 1.54) is 0 Å². The van der Waals surface area contributed by atoms with Crippen molar-refractivity contribution in [3.05, 3.63) is 35.4 Å². The van der Waals surface area contributed by atoms with E-state index in [0.717, 1.165) is 31.2 Å². The molecule has 1 amide bonds. The molecule has 2 atom stereocenters. The maximum absolute atomic E-state index is 13.8. The van der Waals surface area contributed by atoms with Crippen molar-refractivity contribution in [1.29, 1.82) is 0 Å². The van der Waals surface area contributed by atoms with Crippen LogP contribution in [-0.2, 0) is 4.79 Å². The van der Waals surface area contributed by atoms with Crippen LogP contribution in [-0.4, -0.2) is 19.0 Å². The van der Waals surface area contributed by atoms with Crippen LogP contribution in [0.3, 0.4) is 0 Å². The SMILES string of the molecule is CC(NC(=O)C1(C(C)C)CCNC1)c1cc(F)ccc1F. The van der Waals surface area contributed by atoms with Gasteiger partial charge in [0.05, 0.1) is 11.5 Å².